The number of carboxylic acid groups (broad SMARTS) is 2. The van der Waals surface area contributed by atoms with Crippen molar-refractivity contribution in [2.24, 2.45) is 0 Å². The summed E-state index contributed by atoms with van der Waals surface area (Å²) >= 11 is 28.4. The maximum Gasteiger partial charge on any atom is 0.341 e. The number of nitrogens with one attached hydrogen (secondary N) is 2. The van der Waals surface area contributed by atoms with Gasteiger partial charge in [0.2, 0.25) is 17.2 Å². The Labute approximate surface area is 266 Å². The number of ether oxygens (including phenoxy) is 2. The first-order valence-electron chi connectivity index (χ1n) is 11.6. The lowest BCUT2D eigenvalue weighted by Crippen LogP contribution is -2.29. The monoisotopic (exact) mass is 680 g/mol. The molecule has 0 saturated heterocycles. The van der Waals surface area contributed by atoms with Gasteiger partial charge in [-0.05, 0) is 68.8 Å². The summed E-state index contributed by atoms with van der Waals surface area (Å²) in [6.07, 6.45) is 0. The van der Waals surface area contributed by atoms with Crippen LogP contribution < -0.4 is 20.1 Å². The van der Waals surface area contributed by atoms with Crippen LogP contribution in [0.5, 0.6) is 11.5 Å². The molecule has 0 aliphatic carbocycles. The molecule has 0 amide bonds. The van der Waals surface area contributed by atoms with Crippen molar-refractivity contribution in [3.63, 3.8) is 0 Å². The Balaban J connectivity index is 0.000000318. The van der Waals surface area contributed by atoms with Crippen LogP contribution in [0.2, 0.25) is 25.4 Å². The third kappa shape index (κ3) is 15.0. The Bertz CT molecular complexity index is 1340. The quantitative estimate of drug-likeness (QED) is 0.181. The van der Waals surface area contributed by atoms with Crippen molar-refractivity contribution < 1.29 is 29.3 Å². The van der Waals surface area contributed by atoms with Gasteiger partial charge < -0.3 is 30.3 Å². The third-order valence-electron chi connectivity index (χ3n) is 4.14. The Morgan fingerprint density at radius 3 is 1.69 bits per heavy atom. The maximum atomic E-state index is 10.2. The molecular weight excluding hydrogens is 658 g/mol. The molecule has 0 spiro atoms. The molecule has 0 radical (unpaired) electrons. The lowest BCUT2D eigenvalue weighted by molar-refractivity contribution is -0.140. The summed E-state index contributed by atoms with van der Waals surface area (Å²) < 4.78 is 9.73. The number of carboxylic acids is 2. The Kier molecular flexibility index (Phi) is 15.8. The molecule has 226 valence electrons. The fourth-order valence-electron chi connectivity index (χ4n) is 2.41. The SMILES string of the molecule is CCNc1nc(Cl)nc(NC(C)(C)C#N)n1.O=C(O)COc1ccc(Cl)cc1Cl.O=C(O)COc1ccc(Cl)cc1Cl. The van der Waals surface area contributed by atoms with Crippen molar-refractivity contribution in [2.75, 3.05) is 30.4 Å². The van der Waals surface area contributed by atoms with Gasteiger partial charge in [-0.3, -0.25) is 0 Å². The van der Waals surface area contributed by atoms with Gasteiger partial charge in [-0.25, -0.2) is 9.59 Å². The van der Waals surface area contributed by atoms with E-state index in [1.807, 2.05) is 6.92 Å². The largest absolute Gasteiger partial charge is 0.480 e. The molecule has 0 saturated carbocycles. The molecule has 17 heteroatoms. The number of halogens is 5. The molecule has 3 rings (SSSR count). The Morgan fingerprint density at radius 2 is 1.31 bits per heavy atom. The second-order valence-electron chi connectivity index (χ2n) is 8.16. The fourth-order valence-corrected chi connectivity index (χ4v) is 3.50. The molecule has 4 N–H and O–H groups in total. The number of aliphatic carboxylic acids is 2. The average Bonchev–Trinajstić information content (AvgIpc) is 2.88. The summed E-state index contributed by atoms with van der Waals surface area (Å²) in [6.45, 7) is 5.21. The minimum atomic E-state index is -1.05. The van der Waals surface area contributed by atoms with Crippen molar-refractivity contribution in [1.82, 2.24) is 15.0 Å². The molecule has 0 aliphatic heterocycles. The van der Waals surface area contributed by atoms with Gasteiger partial charge >= 0.3 is 11.9 Å². The smallest absolute Gasteiger partial charge is 0.341 e. The van der Waals surface area contributed by atoms with Crippen LogP contribution in [0.1, 0.15) is 20.8 Å². The van der Waals surface area contributed by atoms with Crippen molar-refractivity contribution in [3.05, 3.63) is 61.8 Å². The molecule has 2 aromatic carbocycles. The predicted octanol–water partition coefficient (Wildman–Crippen LogP) is 6.58. The van der Waals surface area contributed by atoms with Crippen LogP contribution in [0.15, 0.2) is 36.4 Å². The average molecular weight is 683 g/mol. The first kappa shape index (κ1) is 36.6. The number of aromatic nitrogens is 3. The number of anilines is 2. The number of rotatable bonds is 10. The molecule has 0 bridgehead atoms. The fraction of sp³-hybridized carbons (Fsp3) is 0.280. The molecule has 0 aliphatic rings. The van der Waals surface area contributed by atoms with Gasteiger partial charge in [0.25, 0.3) is 0 Å². The molecule has 1 heterocycles. The van der Waals surface area contributed by atoms with Crippen LogP contribution in [0, 0.1) is 11.3 Å². The van der Waals surface area contributed by atoms with E-state index in [9.17, 15) is 9.59 Å². The number of benzene rings is 2. The van der Waals surface area contributed by atoms with Gasteiger partial charge in [0, 0.05) is 16.6 Å². The Morgan fingerprint density at radius 1 is 0.857 bits per heavy atom. The van der Waals surface area contributed by atoms with E-state index >= 15 is 0 Å². The van der Waals surface area contributed by atoms with Gasteiger partial charge in [0.05, 0.1) is 16.1 Å². The zero-order chi connectivity index (χ0) is 31.9. The second-order valence-corrected chi connectivity index (χ2v) is 10.2. The molecular formula is C25H25Cl5N6O6. The van der Waals surface area contributed by atoms with Crippen LogP contribution in [0.25, 0.3) is 0 Å². The molecule has 0 unspecified atom stereocenters. The lowest BCUT2D eigenvalue weighted by Gasteiger charge is -2.17. The van der Waals surface area contributed by atoms with E-state index in [1.54, 1.807) is 26.0 Å². The van der Waals surface area contributed by atoms with E-state index in [-0.39, 0.29) is 11.2 Å². The number of hydrogen-bond acceptors (Lipinski definition) is 10. The van der Waals surface area contributed by atoms with Crippen LogP contribution in [0.4, 0.5) is 11.9 Å². The molecule has 0 fully saturated rings. The van der Waals surface area contributed by atoms with E-state index in [0.29, 0.717) is 44.1 Å². The zero-order valence-electron chi connectivity index (χ0n) is 22.3. The topological polar surface area (TPSA) is 180 Å². The third-order valence-corrected chi connectivity index (χ3v) is 5.37. The van der Waals surface area contributed by atoms with Crippen molar-refractivity contribution in [2.45, 2.75) is 26.3 Å². The van der Waals surface area contributed by atoms with Crippen LogP contribution in [-0.2, 0) is 9.59 Å². The van der Waals surface area contributed by atoms with Gasteiger partial charge in [-0.2, -0.15) is 20.2 Å². The van der Waals surface area contributed by atoms with Gasteiger partial charge in [0.15, 0.2) is 13.2 Å². The lowest BCUT2D eigenvalue weighted by atomic mass is 10.1. The van der Waals surface area contributed by atoms with Crippen LogP contribution >= 0.6 is 58.0 Å². The first-order chi connectivity index (χ1) is 19.6. The zero-order valence-corrected chi connectivity index (χ0v) is 26.1. The maximum absolute atomic E-state index is 10.2. The highest BCUT2D eigenvalue weighted by Crippen LogP contribution is 2.28. The first-order valence-corrected chi connectivity index (χ1v) is 13.5. The van der Waals surface area contributed by atoms with Gasteiger partial charge in [0.1, 0.15) is 17.0 Å². The van der Waals surface area contributed by atoms with E-state index < -0.39 is 30.7 Å². The second kappa shape index (κ2) is 18.1. The number of nitriles is 1. The summed E-state index contributed by atoms with van der Waals surface area (Å²) in [5.41, 5.74) is -0.756. The van der Waals surface area contributed by atoms with Crippen LogP contribution in [-0.4, -0.2) is 62.4 Å². The minimum absolute atomic E-state index is 0.0854. The van der Waals surface area contributed by atoms with Crippen LogP contribution in [0.3, 0.4) is 0 Å². The summed E-state index contributed by atoms with van der Waals surface area (Å²) in [5.74, 6) is -0.805. The Hall–Kier alpha value is -3.47. The van der Waals surface area contributed by atoms with Crippen molar-refractivity contribution in [1.29, 1.82) is 5.26 Å². The minimum Gasteiger partial charge on any atom is -0.480 e. The summed E-state index contributed by atoms with van der Waals surface area (Å²) in [7, 11) is 0. The van der Waals surface area contributed by atoms with Crippen molar-refractivity contribution in [3.8, 4) is 17.6 Å². The molecule has 0 atom stereocenters. The number of nitrogens with zero attached hydrogens (tertiary/aromatic N) is 4. The molecule has 3 aromatic rings. The summed E-state index contributed by atoms with van der Waals surface area (Å²) in [4.78, 5) is 32.2. The summed E-state index contributed by atoms with van der Waals surface area (Å²) in [6, 6.07) is 11.2. The highest BCUT2D eigenvalue weighted by molar-refractivity contribution is 6.36. The van der Waals surface area contributed by atoms with Gasteiger partial charge in [-0.15, -0.1) is 0 Å². The van der Waals surface area contributed by atoms with E-state index in [2.05, 4.69) is 31.7 Å². The highest BCUT2D eigenvalue weighted by Gasteiger charge is 2.18. The molecule has 1 aromatic heterocycles. The van der Waals surface area contributed by atoms with E-state index in [0.717, 1.165) is 0 Å². The molecule has 12 nitrogen and oxygen atoms in total. The predicted molar refractivity (Wildman–Crippen MR) is 162 cm³/mol. The van der Waals surface area contributed by atoms with E-state index in [4.69, 9.17) is 83.0 Å². The van der Waals surface area contributed by atoms with E-state index in [1.165, 1.54) is 24.3 Å². The van der Waals surface area contributed by atoms with Gasteiger partial charge in [-0.1, -0.05) is 46.4 Å². The highest BCUT2D eigenvalue weighted by atomic mass is 35.5. The molecule has 42 heavy (non-hydrogen) atoms. The number of carbonyl (C=O) groups is 2. The standard InChI is InChI=1S/C9H13ClN6.2C8H6Cl2O3/c1-4-12-7-13-6(10)14-8(15-7)16-9(2,3)5-11;2*9-5-1-2-7(6(10)3-5)13-4-8(11)12/h4H2,1-3H3,(H2,12,13,14,15,16);2*1-3H,4H2,(H,11,12). The normalized spacial score (nSPS) is 10.1. The number of hydrogen-bond donors (Lipinski definition) is 4. The summed E-state index contributed by atoms with van der Waals surface area (Å²) in [5, 5.41) is 32.9. The van der Waals surface area contributed by atoms with Crippen molar-refractivity contribution >= 4 is 81.8 Å².